The number of nitrogens with zero attached hydrogens (tertiary/aromatic N) is 4. The van der Waals surface area contributed by atoms with E-state index < -0.39 is 0 Å². The number of rotatable bonds is 4. The molecule has 0 saturated carbocycles. The highest BCUT2D eigenvalue weighted by molar-refractivity contribution is 7.25. The van der Waals surface area contributed by atoms with E-state index in [1.54, 1.807) is 11.3 Å². The minimum atomic E-state index is 0.618. The van der Waals surface area contributed by atoms with Gasteiger partial charge in [-0.25, -0.2) is 19.9 Å². The van der Waals surface area contributed by atoms with Crippen LogP contribution < -0.4 is 0 Å². The van der Waals surface area contributed by atoms with E-state index in [-0.39, 0.29) is 0 Å². The molecule has 0 aliphatic rings. The van der Waals surface area contributed by atoms with E-state index in [2.05, 4.69) is 133 Å². The van der Waals surface area contributed by atoms with E-state index in [1.807, 2.05) is 36.4 Å². The van der Waals surface area contributed by atoms with Gasteiger partial charge in [0, 0.05) is 53.2 Å². The van der Waals surface area contributed by atoms with Gasteiger partial charge in [-0.1, -0.05) is 127 Å². The van der Waals surface area contributed by atoms with Crippen LogP contribution >= 0.6 is 11.3 Å². The Bertz CT molecular complexity index is 3550. The summed E-state index contributed by atoms with van der Waals surface area (Å²) < 4.78 is 9.04. The zero-order chi connectivity index (χ0) is 36.7. The maximum atomic E-state index is 6.56. The lowest BCUT2D eigenvalue weighted by molar-refractivity contribution is 0.623. The fraction of sp³-hybridized carbons (Fsp3) is 0. The average Bonchev–Trinajstić information content (AvgIpc) is 3.88. The van der Waals surface area contributed by atoms with Crippen LogP contribution in [0.25, 0.3) is 120 Å². The molecule has 0 aliphatic heterocycles. The van der Waals surface area contributed by atoms with E-state index in [9.17, 15) is 0 Å². The van der Waals surface area contributed by atoms with Gasteiger partial charge in [0.1, 0.15) is 5.52 Å². The molecule has 0 radical (unpaired) electrons. The van der Waals surface area contributed by atoms with Crippen molar-refractivity contribution in [1.29, 1.82) is 0 Å². The zero-order valence-corrected chi connectivity index (χ0v) is 30.6. The molecule has 6 heteroatoms. The van der Waals surface area contributed by atoms with Crippen LogP contribution in [0.4, 0.5) is 0 Å². The van der Waals surface area contributed by atoms with Gasteiger partial charge < -0.3 is 4.42 Å². The van der Waals surface area contributed by atoms with Gasteiger partial charge in [-0.05, 0) is 74.8 Å². The summed E-state index contributed by atoms with van der Waals surface area (Å²) in [5, 5.41) is 11.5. The van der Waals surface area contributed by atoms with Crippen LogP contribution in [0.3, 0.4) is 0 Å². The topological polar surface area (TPSA) is 64.7 Å². The largest absolute Gasteiger partial charge is 0.435 e. The summed E-state index contributed by atoms with van der Waals surface area (Å²) in [4.78, 5) is 20.3. The van der Waals surface area contributed by atoms with Gasteiger partial charge in [0.15, 0.2) is 23.1 Å². The van der Waals surface area contributed by atoms with Crippen molar-refractivity contribution in [3.05, 3.63) is 170 Å². The number of oxazole rings is 1. The molecule has 0 saturated heterocycles. The van der Waals surface area contributed by atoms with Crippen LogP contribution in [0, 0.1) is 0 Å². The molecule has 0 amide bonds. The highest BCUT2D eigenvalue weighted by Crippen LogP contribution is 2.40. The Morgan fingerprint density at radius 3 is 1.73 bits per heavy atom. The molecule has 0 fully saturated rings. The lowest BCUT2D eigenvalue weighted by Gasteiger charge is -2.11. The number of benzene rings is 9. The van der Waals surface area contributed by atoms with Gasteiger partial charge in [0.05, 0.1) is 0 Å². The van der Waals surface area contributed by atoms with Gasteiger partial charge in [-0.2, -0.15) is 0 Å². The number of aromatic nitrogens is 4. The predicted molar refractivity (Wildman–Crippen MR) is 232 cm³/mol. The van der Waals surface area contributed by atoms with Crippen molar-refractivity contribution < 1.29 is 4.42 Å². The summed E-state index contributed by atoms with van der Waals surface area (Å²) in [6, 6.07) is 59.4. The van der Waals surface area contributed by atoms with E-state index in [0.29, 0.717) is 23.4 Å². The molecular formula is C50H28N4OS. The predicted octanol–water partition coefficient (Wildman–Crippen LogP) is 13.7. The normalized spacial score (nSPS) is 11.9. The Kier molecular flexibility index (Phi) is 6.73. The van der Waals surface area contributed by atoms with Gasteiger partial charge >= 0.3 is 0 Å². The smallest absolute Gasteiger partial charge is 0.227 e. The van der Waals surface area contributed by atoms with Crippen LogP contribution in [-0.2, 0) is 0 Å². The highest BCUT2D eigenvalue weighted by atomic mass is 32.1. The van der Waals surface area contributed by atoms with Crippen molar-refractivity contribution in [2.45, 2.75) is 0 Å². The van der Waals surface area contributed by atoms with Crippen molar-refractivity contribution in [3.63, 3.8) is 0 Å². The van der Waals surface area contributed by atoms with Crippen molar-refractivity contribution in [3.8, 4) is 45.6 Å². The molecular weight excluding hydrogens is 705 g/mol. The molecule has 3 heterocycles. The Labute approximate surface area is 324 Å². The monoisotopic (exact) mass is 732 g/mol. The standard InChI is InChI=1S/C50H28N4OS/c1-2-9-32(10-3-1)50-51-41-25-22-31-16-15-30-17-18-34-27-36(20-23-38(34)44(30)45(31)46(41)55-50)48-52-47(35-19-14-29-8-4-5-11-33(29)26-35)53-49(54-48)37-21-24-40-39-12-6-7-13-42(39)56-43(40)28-37/h1-28H. The lowest BCUT2D eigenvalue weighted by Crippen LogP contribution is -2.00. The first kappa shape index (κ1) is 31.1. The van der Waals surface area contributed by atoms with Crippen molar-refractivity contribution in [2.75, 3.05) is 0 Å². The fourth-order valence-corrected chi connectivity index (χ4v) is 9.29. The fourth-order valence-electron chi connectivity index (χ4n) is 8.15. The molecule has 0 aliphatic carbocycles. The maximum absolute atomic E-state index is 6.56. The number of fused-ring (bicyclic) bond motifs is 11. The summed E-state index contributed by atoms with van der Waals surface area (Å²) >= 11 is 1.79. The van der Waals surface area contributed by atoms with Crippen LogP contribution in [-0.4, -0.2) is 19.9 Å². The summed E-state index contributed by atoms with van der Waals surface area (Å²) in [5.74, 6) is 2.52. The first-order chi connectivity index (χ1) is 27.7. The number of hydrogen-bond acceptors (Lipinski definition) is 6. The molecule has 5 nitrogen and oxygen atoms in total. The minimum Gasteiger partial charge on any atom is -0.435 e. The summed E-state index contributed by atoms with van der Waals surface area (Å²) in [6.07, 6.45) is 0. The van der Waals surface area contributed by atoms with Crippen LogP contribution in [0.5, 0.6) is 0 Å². The van der Waals surface area contributed by atoms with Gasteiger partial charge in [0.25, 0.3) is 0 Å². The van der Waals surface area contributed by atoms with Crippen LogP contribution in [0.1, 0.15) is 0 Å². The van der Waals surface area contributed by atoms with Crippen LogP contribution in [0.15, 0.2) is 174 Å². The molecule has 56 heavy (non-hydrogen) atoms. The Balaban J connectivity index is 1.05. The second-order valence-electron chi connectivity index (χ2n) is 14.2. The highest BCUT2D eigenvalue weighted by Gasteiger charge is 2.18. The van der Waals surface area contributed by atoms with Gasteiger partial charge in [0.2, 0.25) is 5.89 Å². The minimum absolute atomic E-state index is 0.618. The quantitative estimate of drug-likeness (QED) is 0.169. The number of hydrogen-bond donors (Lipinski definition) is 0. The van der Waals surface area contributed by atoms with E-state index in [0.717, 1.165) is 71.1 Å². The third-order valence-corrected chi connectivity index (χ3v) is 12.0. The van der Waals surface area contributed by atoms with Crippen LogP contribution in [0.2, 0.25) is 0 Å². The first-order valence-electron chi connectivity index (χ1n) is 18.6. The SMILES string of the molecule is c1ccc(-c2nc3ccc4ccc5ccc6cc(-c7nc(-c8ccc9ccccc9c8)nc(-c8ccc9c(c8)sc8ccccc89)n7)ccc6c5c4c3o2)cc1. The summed E-state index contributed by atoms with van der Waals surface area (Å²) in [5.41, 5.74) is 5.41. The average molecular weight is 733 g/mol. The lowest BCUT2D eigenvalue weighted by atomic mass is 9.95. The molecule has 12 rings (SSSR count). The first-order valence-corrected chi connectivity index (χ1v) is 19.4. The second-order valence-corrected chi connectivity index (χ2v) is 15.3. The summed E-state index contributed by atoms with van der Waals surface area (Å²) in [6.45, 7) is 0. The van der Waals surface area contributed by atoms with Gasteiger partial charge in [-0.15, -0.1) is 11.3 Å². The van der Waals surface area contributed by atoms with Crippen molar-refractivity contribution in [1.82, 2.24) is 19.9 Å². The molecule has 0 spiro atoms. The maximum Gasteiger partial charge on any atom is 0.227 e. The molecule has 0 bridgehead atoms. The van der Waals surface area contributed by atoms with E-state index in [1.165, 1.54) is 25.6 Å². The molecule has 9 aromatic carbocycles. The molecule has 0 atom stereocenters. The molecule has 12 aromatic rings. The Morgan fingerprint density at radius 2 is 0.929 bits per heavy atom. The van der Waals surface area contributed by atoms with Crippen molar-refractivity contribution >= 4 is 85.7 Å². The van der Waals surface area contributed by atoms with E-state index >= 15 is 0 Å². The Hall–Kier alpha value is -7.28. The summed E-state index contributed by atoms with van der Waals surface area (Å²) in [7, 11) is 0. The zero-order valence-electron chi connectivity index (χ0n) is 29.8. The van der Waals surface area contributed by atoms with Crippen molar-refractivity contribution in [2.24, 2.45) is 0 Å². The third-order valence-electron chi connectivity index (χ3n) is 10.9. The molecule has 0 N–H and O–H groups in total. The van der Waals surface area contributed by atoms with E-state index in [4.69, 9.17) is 24.4 Å². The molecule has 260 valence electrons. The Morgan fingerprint density at radius 1 is 0.357 bits per heavy atom. The number of thiophene rings is 1. The third kappa shape index (κ3) is 4.93. The second kappa shape index (κ2) is 12.1. The van der Waals surface area contributed by atoms with Gasteiger partial charge in [-0.3, -0.25) is 0 Å². The molecule has 3 aromatic heterocycles. The molecule has 0 unspecified atom stereocenters.